The minimum absolute atomic E-state index is 0.0810. The molecule has 1 aromatic heterocycles. The maximum Gasteiger partial charge on any atom is 0.397 e. The third-order valence-electron chi connectivity index (χ3n) is 2.18. The molecule has 0 spiro atoms. The molecule has 1 nitrogen and oxygen atoms in total. The second-order valence-electron chi connectivity index (χ2n) is 4.60. The van der Waals surface area contributed by atoms with E-state index in [1.165, 1.54) is 12.3 Å². The maximum absolute atomic E-state index is 12.9. The predicted octanol–water partition coefficient (Wildman–Crippen LogP) is 3.77. The molecule has 84 valence electrons. The van der Waals surface area contributed by atoms with Crippen LogP contribution in [0.5, 0.6) is 0 Å². The Labute approximate surface area is 87.3 Å². The van der Waals surface area contributed by atoms with Crippen molar-refractivity contribution < 1.29 is 13.2 Å². The molecule has 0 aliphatic heterocycles. The molecular weight excluding hydrogens is 203 g/mol. The van der Waals surface area contributed by atoms with E-state index in [0.29, 0.717) is 0 Å². The first-order valence-corrected chi connectivity index (χ1v) is 4.70. The van der Waals surface area contributed by atoms with Gasteiger partial charge in [0.15, 0.2) is 0 Å². The van der Waals surface area contributed by atoms with E-state index in [1.54, 1.807) is 32.9 Å². The van der Waals surface area contributed by atoms with E-state index >= 15 is 0 Å². The molecule has 0 fully saturated rings. The van der Waals surface area contributed by atoms with Crippen LogP contribution in [-0.4, -0.2) is 11.2 Å². The standard InChI is InChI=1S/C11H14F3N/c1-10(2,3)9(11(12,13)14)8-6-4-5-7-15-8/h4-7,9H,1-3H3. The molecule has 1 rings (SSSR count). The lowest BCUT2D eigenvalue weighted by molar-refractivity contribution is -0.172. The van der Waals surface area contributed by atoms with Crippen LogP contribution >= 0.6 is 0 Å². The summed E-state index contributed by atoms with van der Waals surface area (Å²) in [5.41, 5.74) is -0.801. The fourth-order valence-electron chi connectivity index (χ4n) is 1.65. The Bertz CT molecular complexity index is 297. The number of pyridine rings is 1. The molecule has 0 bridgehead atoms. The number of nitrogens with zero attached hydrogens (tertiary/aromatic N) is 1. The molecule has 0 aliphatic rings. The fourth-order valence-corrected chi connectivity index (χ4v) is 1.65. The van der Waals surface area contributed by atoms with Gasteiger partial charge in [-0.2, -0.15) is 13.2 Å². The fraction of sp³-hybridized carbons (Fsp3) is 0.545. The van der Waals surface area contributed by atoms with Gasteiger partial charge in [-0.3, -0.25) is 4.98 Å². The van der Waals surface area contributed by atoms with Crippen LogP contribution < -0.4 is 0 Å². The van der Waals surface area contributed by atoms with Gasteiger partial charge in [-0.25, -0.2) is 0 Å². The summed E-state index contributed by atoms with van der Waals surface area (Å²) < 4.78 is 38.6. The average Bonchev–Trinajstić information content (AvgIpc) is 2.00. The molecule has 0 saturated heterocycles. The molecular formula is C11H14F3N. The van der Waals surface area contributed by atoms with Gasteiger partial charge in [0.1, 0.15) is 5.92 Å². The predicted molar refractivity (Wildman–Crippen MR) is 52.5 cm³/mol. The zero-order valence-electron chi connectivity index (χ0n) is 8.97. The van der Waals surface area contributed by atoms with E-state index in [0.717, 1.165) is 0 Å². The molecule has 15 heavy (non-hydrogen) atoms. The Morgan fingerprint density at radius 1 is 1.13 bits per heavy atom. The van der Waals surface area contributed by atoms with Crippen LogP contribution in [0.2, 0.25) is 0 Å². The molecule has 0 aliphatic carbocycles. The first kappa shape index (κ1) is 12.0. The van der Waals surface area contributed by atoms with Gasteiger partial charge >= 0.3 is 6.18 Å². The summed E-state index contributed by atoms with van der Waals surface area (Å²) in [5.74, 6) is -1.52. The van der Waals surface area contributed by atoms with E-state index in [1.807, 2.05) is 0 Å². The van der Waals surface area contributed by atoms with Crippen molar-refractivity contribution >= 4 is 0 Å². The highest BCUT2D eigenvalue weighted by atomic mass is 19.4. The number of alkyl halides is 3. The summed E-state index contributed by atoms with van der Waals surface area (Å²) in [6, 6.07) is 4.61. The van der Waals surface area contributed by atoms with E-state index in [-0.39, 0.29) is 5.69 Å². The normalized spacial score (nSPS) is 15.1. The van der Waals surface area contributed by atoms with Gasteiger partial charge in [0.2, 0.25) is 0 Å². The summed E-state index contributed by atoms with van der Waals surface area (Å²) in [4.78, 5) is 3.79. The highest BCUT2D eigenvalue weighted by Gasteiger charge is 2.48. The SMILES string of the molecule is CC(C)(C)C(c1ccccn1)C(F)(F)F. The van der Waals surface area contributed by atoms with Crippen molar-refractivity contribution in [3.05, 3.63) is 30.1 Å². The summed E-state index contributed by atoms with van der Waals surface area (Å²) >= 11 is 0. The van der Waals surface area contributed by atoms with Crippen LogP contribution in [0.15, 0.2) is 24.4 Å². The van der Waals surface area contributed by atoms with Crippen molar-refractivity contribution in [3.63, 3.8) is 0 Å². The topological polar surface area (TPSA) is 12.9 Å². The van der Waals surface area contributed by atoms with Crippen LogP contribution in [0, 0.1) is 5.41 Å². The van der Waals surface area contributed by atoms with Crippen LogP contribution in [0.1, 0.15) is 32.4 Å². The molecule has 1 unspecified atom stereocenters. The average molecular weight is 217 g/mol. The Morgan fingerprint density at radius 2 is 1.73 bits per heavy atom. The highest BCUT2D eigenvalue weighted by molar-refractivity contribution is 5.14. The molecule has 0 aromatic carbocycles. The minimum Gasteiger partial charge on any atom is -0.261 e. The van der Waals surface area contributed by atoms with Gasteiger partial charge in [0.05, 0.1) is 5.69 Å². The van der Waals surface area contributed by atoms with Gasteiger partial charge in [-0.15, -0.1) is 0 Å². The zero-order chi connectivity index (χ0) is 11.7. The summed E-state index contributed by atoms with van der Waals surface area (Å²) in [6.07, 6.45) is -2.87. The molecule has 1 atom stereocenters. The van der Waals surface area contributed by atoms with Gasteiger partial charge in [0, 0.05) is 6.20 Å². The monoisotopic (exact) mass is 217 g/mol. The molecule has 0 saturated carbocycles. The van der Waals surface area contributed by atoms with E-state index in [4.69, 9.17) is 0 Å². The Kier molecular flexibility index (Phi) is 3.07. The number of halogens is 3. The third-order valence-corrected chi connectivity index (χ3v) is 2.18. The van der Waals surface area contributed by atoms with Crippen LogP contribution in [-0.2, 0) is 0 Å². The molecule has 4 heteroatoms. The molecule has 0 N–H and O–H groups in total. The summed E-state index contributed by atoms with van der Waals surface area (Å²) in [7, 11) is 0. The molecule has 0 radical (unpaired) electrons. The zero-order valence-corrected chi connectivity index (χ0v) is 8.97. The second-order valence-corrected chi connectivity index (χ2v) is 4.60. The summed E-state index contributed by atoms with van der Waals surface area (Å²) in [5, 5.41) is 0. The summed E-state index contributed by atoms with van der Waals surface area (Å²) in [6.45, 7) is 4.71. The van der Waals surface area contributed by atoms with E-state index < -0.39 is 17.5 Å². The first-order valence-electron chi connectivity index (χ1n) is 4.70. The second kappa shape index (κ2) is 3.83. The maximum atomic E-state index is 12.9. The Balaban J connectivity index is 3.15. The largest absolute Gasteiger partial charge is 0.397 e. The van der Waals surface area contributed by atoms with Crippen LogP contribution in [0.25, 0.3) is 0 Å². The van der Waals surface area contributed by atoms with Crippen molar-refractivity contribution in [3.8, 4) is 0 Å². The quantitative estimate of drug-likeness (QED) is 0.697. The van der Waals surface area contributed by atoms with E-state index in [9.17, 15) is 13.2 Å². The molecule has 1 heterocycles. The lowest BCUT2D eigenvalue weighted by Gasteiger charge is -2.31. The lowest BCUT2D eigenvalue weighted by Crippen LogP contribution is -2.32. The van der Waals surface area contributed by atoms with Crippen molar-refractivity contribution in [2.45, 2.75) is 32.9 Å². The van der Waals surface area contributed by atoms with Gasteiger partial charge in [-0.1, -0.05) is 26.8 Å². The van der Waals surface area contributed by atoms with Gasteiger partial charge in [-0.05, 0) is 17.5 Å². The van der Waals surface area contributed by atoms with Crippen molar-refractivity contribution in [1.29, 1.82) is 0 Å². The Morgan fingerprint density at radius 3 is 2.07 bits per heavy atom. The number of aromatic nitrogens is 1. The van der Waals surface area contributed by atoms with Crippen molar-refractivity contribution in [1.82, 2.24) is 4.98 Å². The van der Waals surface area contributed by atoms with Gasteiger partial charge in [0.25, 0.3) is 0 Å². The minimum atomic E-state index is -4.26. The van der Waals surface area contributed by atoms with Gasteiger partial charge < -0.3 is 0 Å². The number of hydrogen-bond acceptors (Lipinski definition) is 1. The third kappa shape index (κ3) is 2.94. The molecule has 0 amide bonds. The lowest BCUT2D eigenvalue weighted by atomic mass is 9.78. The first-order chi connectivity index (χ1) is 6.73. The number of hydrogen-bond donors (Lipinski definition) is 0. The van der Waals surface area contributed by atoms with Crippen molar-refractivity contribution in [2.24, 2.45) is 5.41 Å². The smallest absolute Gasteiger partial charge is 0.261 e. The Hall–Kier alpha value is -1.06. The van der Waals surface area contributed by atoms with Crippen LogP contribution in [0.3, 0.4) is 0 Å². The molecule has 1 aromatic rings. The highest BCUT2D eigenvalue weighted by Crippen LogP contribution is 2.45. The number of rotatable bonds is 1. The van der Waals surface area contributed by atoms with E-state index in [2.05, 4.69) is 4.98 Å². The van der Waals surface area contributed by atoms with Crippen LogP contribution in [0.4, 0.5) is 13.2 Å². The van der Waals surface area contributed by atoms with Crippen molar-refractivity contribution in [2.75, 3.05) is 0 Å².